The van der Waals surface area contributed by atoms with Gasteiger partial charge in [0.15, 0.2) is 11.5 Å². The molecule has 0 unspecified atom stereocenters. The normalized spacial score (nSPS) is 21.2. The molecule has 1 aliphatic rings. The Bertz CT molecular complexity index is 1060. The lowest BCUT2D eigenvalue weighted by molar-refractivity contribution is -0.00249. The number of fused-ring (bicyclic) bond motifs is 1. The Morgan fingerprint density at radius 3 is 2.65 bits per heavy atom. The van der Waals surface area contributed by atoms with Crippen LogP contribution in [0, 0.1) is 6.92 Å². The Morgan fingerprint density at radius 1 is 1.19 bits per heavy atom. The second-order valence-corrected chi connectivity index (χ2v) is 8.07. The molecule has 1 heterocycles. The maximum absolute atomic E-state index is 11.3. The number of ether oxygens (including phenoxy) is 3. The highest BCUT2D eigenvalue weighted by molar-refractivity contribution is 5.91. The largest absolute Gasteiger partial charge is 0.493 e. The lowest BCUT2D eigenvalue weighted by Gasteiger charge is -2.36. The quantitative estimate of drug-likeness (QED) is 0.539. The number of carboxylic acids is 1. The highest BCUT2D eigenvalue weighted by atomic mass is 16.5. The summed E-state index contributed by atoms with van der Waals surface area (Å²) in [5.41, 5.74) is 3.50. The number of aromatic nitrogens is 1. The maximum atomic E-state index is 11.3. The Morgan fingerprint density at radius 2 is 1.97 bits per heavy atom. The van der Waals surface area contributed by atoms with Gasteiger partial charge in [-0.05, 0) is 68.5 Å². The van der Waals surface area contributed by atoms with Gasteiger partial charge in [0.05, 0.1) is 24.3 Å². The van der Waals surface area contributed by atoms with Gasteiger partial charge >= 0.3 is 5.97 Å². The van der Waals surface area contributed by atoms with E-state index in [2.05, 4.69) is 4.98 Å². The van der Waals surface area contributed by atoms with Crippen molar-refractivity contribution in [2.45, 2.75) is 51.2 Å². The fourth-order valence-corrected chi connectivity index (χ4v) is 4.63. The maximum Gasteiger partial charge on any atom is 0.335 e. The summed E-state index contributed by atoms with van der Waals surface area (Å²) in [6.07, 6.45) is 4.61. The molecule has 2 N–H and O–H groups in total. The molecule has 0 radical (unpaired) electrons. The van der Waals surface area contributed by atoms with E-state index in [9.17, 15) is 9.90 Å². The lowest BCUT2D eigenvalue weighted by atomic mass is 9.79. The standard InChI is InChI=1S/C25H29NO5/c1-4-30-18-9-10-21(20(14-18)16-5-7-17(8-6-16)25(27)28)31-24-19-11-12-26-23(19)15(2)13-22(24)29-3/h5-8,11-13,18,20-21,26H,4,9-10,14H2,1-3H3,(H,27,28)/t18-,20+,21-/m1/s1. The average molecular weight is 424 g/mol. The number of aryl methyl sites for hydroxylation is 1. The molecule has 0 bridgehead atoms. The highest BCUT2D eigenvalue weighted by Crippen LogP contribution is 2.43. The van der Waals surface area contributed by atoms with E-state index in [-0.39, 0.29) is 23.7 Å². The van der Waals surface area contributed by atoms with Gasteiger partial charge in [-0.15, -0.1) is 0 Å². The molecular weight excluding hydrogens is 394 g/mol. The number of rotatable bonds is 7. The van der Waals surface area contributed by atoms with Crippen LogP contribution in [-0.2, 0) is 4.74 Å². The van der Waals surface area contributed by atoms with Crippen molar-refractivity contribution in [3.05, 3.63) is 59.3 Å². The fourth-order valence-electron chi connectivity index (χ4n) is 4.63. The second kappa shape index (κ2) is 9.02. The first kappa shape index (κ1) is 21.2. The SMILES string of the molecule is CCO[C@@H]1CC[C@@H](Oc2c(OC)cc(C)c3[nH]ccc23)[C@H](c2ccc(C(=O)O)cc2)C1. The van der Waals surface area contributed by atoms with Crippen LogP contribution < -0.4 is 9.47 Å². The van der Waals surface area contributed by atoms with E-state index < -0.39 is 5.97 Å². The zero-order valence-corrected chi connectivity index (χ0v) is 18.2. The minimum absolute atomic E-state index is 0.0675. The average Bonchev–Trinajstić information content (AvgIpc) is 3.27. The van der Waals surface area contributed by atoms with Crippen molar-refractivity contribution in [2.24, 2.45) is 0 Å². The Balaban J connectivity index is 1.69. The van der Waals surface area contributed by atoms with Crippen LogP contribution in [0.15, 0.2) is 42.6 Å². The van der Waals surface area contributed by atoms with Crippen molar-refractivity contribution in [1.82, 2.24) is 4.98 Å². The summed E-state index contributed by atoms with van der Waals surface area (Å²) < 4.78 is 18.3. The van der Waals surface area contributed by atoms with Gasteiger partial charge in [-0.3, -0.25) is 0 Å². The van der Waals surface area contributed by atoms with E-state index in [1.807, 2.05) is 44.3 Å². The molecule has 0 saturated heterocycles. The predicted octanol–water partition coefficient (Wildman–Crippen LogP) is 5.30. The van der Waals surface area contributed by atoms with Gasteiger partial charge in [-0.2, -0.15) is 0 Å². The highest BCUT2D eigenvalue weighted by Gasteiger charge is 2.34. The van der Waals surface area contributed by atoms with Crippen LogP contribution in [0.2, 0.25) is 0 Å². The number of nitrogens with one attached hydrogen (secondary N) is 1. The van der Waals surface area contributed by atoms with Gasteiger partial charge in [-0.1, -0.05) is 12.1 Å². The van der Waals surface area contributed by atoms with Crippen LogP contribution in [0.25, 0.3) is 10.9 Å². The zero-order valence-electron chi connectivity index (χ0n) is 18.2. The van der Waals surface area contributed by atoms with E-state index >= 15 is 0 Å². The number of carbonyl (C=O) groups is 1. The second-order valence-electron chi connectivity index (χ2n) is 8.07. The van der Waals surface area contributed by atoms with E-state index in [1.54, 1.807) is 19.2 Å². The van der Waals surface area contributed by atoms with Crippen LogP contribution >= 0.6 is 0 Å². The van der Waals surface area contributed by atoms with E-state index in [0.29, 0.717) is 6.61 Å². The Kier molecular flexibility index (Phi) is 6.18. The van der Waals surface area contributed by atoms with Gasteiger partial charge in [0.2, 0.25) is 0 Å². The number of carboxylic acid groups (broad SMARTS) is 1. The number of methoxy groups -OCH3 is 1. The van der Waals surface area contributed by atoms with Gasteiger partial charge in [0, 0.05) is 24.1 Å². The molecule has 164 valence electrons. The summed E-state index contributed by atoms with van der Waals surface area (Å²) in [7, 11) is 1.66. The fraction of sp³-hybridized carbons (Fsp3) is 0.400. The van der Waals surface area contributed by atoms with Crippen LogP contribution in [0.1, 0.15) is 53.6 Å². The topological polar surface area (TPSA) is 80.8 Å². The van der Waals surface area contributed by atoms with Crippen LogP contribution in [-0.4, -0.2) is 42.0 Å². The minimum atomic E-state index is -0.922. The van der Waals surface area contributed by atoms with Crippen molar-refractivity contribution < 1.29 is 24.1 Å². The molecule has 6 heteroatoms. The molecule has 3 aromatic rings. The molecule has 0 amide bonds. The summed E-state index contributed by atoms with van der Waals surface area (Å²) in [4.78, 5) is 14.6. The van der Waals surface area contributed by atoms with Gasteiger partial charge < -0.3 is 24.3 Å². The third-order valence-electron chi connectivity index (χ3n) is 6.17. The molecule has 1 aromatic heterocycles. The van der Waals surface area contributed by atoms with Crippen molar-refractivity contribution in [3.63, 3.8) is 0 Å². The molecular formula is C25H29NO5. The summed E-state index contributed by atoms with van der Waals surface area (Å²) in [6, 6.07) is 11.1. The molecule has 1 saturated carbocycles. The summed E-state index contributed by atoms with van der Waals surface area (Å²) in [5, 5.41) is 10.2. The summed E-state index contributed by atoms with van der Waals surface area (Å²) in [6.45, 7) is 4.74. The van der Waals surface area contributed by atoms with Gasteiger partial charge in [0.1, 0.15) is 6.10 Å². The minimum Gasteiger partial charge on any atom is -0.493 e. The Labute approximate surface area is 182 Å². The molecule has 4 rings (SSSR count). The first-order valence-electron chi connectivity index (χ1n) is 10.8. The lowest BCUT2D eigenvalue weighted by Crippen LogP contribution is -2.35. The van der Waals surface area contributed by atoms with E-state index in [4.69, 9.17) is 14.2 Å². The number of H-pyrrole nitrogens is 1. The van der Waals surface area contributed by atoms with Gasteiger partial charge in [-0.25, -0.2) is 4.79 Å². The third kappa shape index (κ3) is 4.26. The molecule has 0 spiro atoms. The van der Waals surface area contributed by atoms with Crippen molar-refractivity contribution in [2.75, 3.05) is 13.7 Å². The smallest absolute Gasteiger partial charge is 0.335 e. The monoisotopic (exact) mass is 423 g/mol. The third-order valence-corrected chi connectivity index (χ3v) is 6.17. The molecule has 3 atom stereocenters. The van der Waals surface area contributed by atoms with Crippen LogP contribution in [0.3, 0.4) is 0 Å². The summed E-state index contributed by atoms with van der Waals surface area (Å²) in [5.74, 6) is 0.635. The number of benzene rings is 2. The predicted molar refractivity (Wildman–Crippen MR) is 119 cm³/mol. The zero-order chi connectivity index (χ0) is 22.0. The van der Waals surface area contributed by atoms with Crippen LogP contribution in [0.4, 0.5) is 0 Å². The van der Waals surface area contributed by atoms with E-state index in [1.165, 1.54) is 0 Å². The number of aromatic amines is 1. The molecule has 0 aliphatic heterocycles. The summed E-state index contributed by atoms with van der Waals surface area (Å²) >= 11 is 0. The van der Waals surface area contributed by atoms with Gasteiger partial charge in [0.25, 0.3) is 0 Å². The first-order valence-corrected chi connectivity index (χ1v) is 10.8. The van der Waals surface area contributed by atoms with Crippen molar-refractivity contribution in [1.29, 1.82) is 0 Å². The molecule has 1 aliphatic carbocycles. The molecule has 6 nitrogen and oxygen atoms in total. The number of aromatic carboxylic acids is 1. The van der Waals surface area contributed by atoms with Crippen molar-refractivity contribution in [3.8, 4) is 11.5 Å². The Hall–Kier alpha value is -2.99. The van der Waals surface area contributed by atoms with Crippen molar-refractivity contribution >= 4 is 16.9 Å². The molecule has 1 fully saturated rings. The molecule has 31 heavy (non-hydrogen) atoms. The number of hydrogen-bond acceptors (Lipinski definition) is 4. The van der Waals surface area contributed by atoms with Crippen LogP contribution in [0.5, 0.6) is 11.5 Å². The molecule has 2 aromatic carbocycles. The number of hydrogen-bond donors (Lipinski definition) is 2. The first-order chi connectivity index (χ1) is 15.0. The van der Waals surface area contributed by atoms with E-state index in [0.717, 1.165) is 52.8 Å².